The van der Waals surface area contributed by atoms with Crippen LogP contribution >= 0.6 is 11.8 Å². The summed E-state index contributed by atoms with van der Waals surface area (Å²) in [4.78, 5) is 0.567. The molecule has 0 fully saturated rings. The number of halogens is 3. The van der Waals surface area contributed by atoms with Crippen molar-refractivity contribution in [3.63, 3.8) is 0 Å². The third-order valence-electron chi connectivity index (χ3n) is 1.70. The number of alkyl halides is 3. The highest BCUT2D eigenvalue weighted by Crippen LogP contribution is 2.43. The Morgan fingerprint density at radius 3 is 2.00 bits per heavy atom. The highest BCUT2D eigenvalue weighted by Gasteiger charge is 2.47. The van der Waals surface area contributed by atoms with Crippen LogP contribution in [0.1, 0.15) is 20.3 Å². The predicted octanol–water partition coefficient (Wildman–Crippen LogP) is 3.84. The van der Waals surface area contributed by atoms with Gasteiger partial charge in [0.1, 0.15) is 0 Å². The number of allylic oxidation sites excluding steroid dienone is 1. The van der Waals surface area contributed by atoms with E-state index in [1.165, 1.54) is 25.6 Å². The van der Waals surface area contributed by atoms with Crippen molar-refractivity contribution in [1.29, 1.82) is 0 Å². The molecule has 0 radical (unpaired) electrons. The fourth-order valence-corrected chi connectivity index (χ4v) is 1.17. The summed E-state index contributed by atoms with van der Waals surface area (Å²) >= 11 is 1.27. The third-order valence-corrected chi connectivity index (χ3v) is 2.42. The molecule has 0 heterocycles. The molecule has 0 unspecified atom stereocenters. The summed E-state index contributed by atoms with van der Waals surface area (Å²) in [7, 11) is 0. The number of thioether (sulfide) groups is 1. The summed E-state index contributed by atoms with van der Waals surface area (Å²) in [5.74, 6) is 0. The van der Waals surface area contributed by atoms with Crippen molar-refractivity contribution in [3.05, 3.63) is 11.5 Å². The van der Waals surface area contributed by atoms with Gasteiger partial charge in [-0.1, -0.05) is 20.4 Å². The zero-order valence-corrected chi connectivity index (χ0v) is 8.27. The Labute approximate surface area is 75.2 Å². The fraction of sp³-hybridized carbons (Fsp3) is 0.750. The van der Waals surface area contributed by atoms with Gasteiger partial charge in [-0.25, -0.2) is 0 Å². The summed E-state index contributed by atoms with van der Waals surface area (Å²) < 4.78 is 36.8. The first kappa shape index (κ1) is 11.9. The van der Waals surface area contributed by atoms with Gasteiger partial charge in [0.25, 0.3) is 0 Å². The molecular weight excluding hydrogens is 185 g/mol. The molecule has 0 atom stereocenters. The van der Waals surface area contributed by atoms with Crippen molar-refractivity contribution in [2.75, 3.05) is 6.26 Å². The van der Waals surface area contributed by atoms with E-state index >= 15 is 0 Å². The van der Waals surface area contributed by atoms with Gasteiger partial charge in [0.15, 0.2) is 0 Å². The monoisotopic (exact) mass is 198 g/mol. The van der Waals surface area contributed by atoms with E-state index in [9.17, 15) is 13.2 Å². The second-order valence-corrected chi connectivity index (χ2v) is 4.29. The Morgan fingerprint density at radius 1 is 1.33 bits per heavy atom. The maximum Gasteiger partial charge on any atom is 0.394 e. The normalized spacial score (nSPS) is 13.2. The highest BCUT2D eigenvalue weighted by atomic mass is 32.2. The van der Waals surface area contributed by atoms with E-state index < -0.39 is 11.6 Å². The first-order chi connectivity index (χ1) is 5.20. The van der Waals surface area contributed by atoms with Crippen LogP contribution in [0.3, 0.4) is 0 Å². The Hall–Kier alpha value is -0.120. The molecule has 0 aromatic carbocycles. The van der Waals surface area contributed by atoms with Crippen LogP contribution in [0.25, 0.3) is 0 Å². The highest BCUT2D eigenvalue weighted by molar-refractivity contribution is 8.02. The quantitative estimate of drug-likeness (QED) is 0.664. The molecule has 0 nitrogen and oxygen atoms in total. The Morgan fingerprint density at radius 2 is 1.75 bits per heavy atom. The van der Waals surface area contributed by atoms with Crippen LogP contribution in [0.2, 0.25) is 0 Å². The predicted molar refractivity (Wildman–Crippen MR) is 47.1 cm³/mol. The molecule has 0 aromatic rings. The zero-order valence-electron chi connectivity index (χ0n) is 7.46. The van der Waals surface area contributed by atoms with Crippen molar-refractivity contribution in [2.45, 2.75) is 26.4 Å². The van der Waals surface area contributed by atoms with Gasteiger partial charge in [-0.15, -0.1) is 11.8 Å². The van der Waals surface area contributed by atoms with Crippen LogP contribution < -0.4 is 0 Å². The Balaban J connectivity index is 4.33. The molecule has 12 heavy (non-hydrogen) atoms. The second kappa shape index (κ2) is 3.73. The van der Waals surface area contributed by atoms with E-state index in [4.69, 9.17) is 0 Å². The van der Waals surface area contributed by atoms with Crippen LogP contribution in [0.4, 0.5) is 13.2 Å². The molecule has 0 aliphatic heterocycles. The number of hydrogen-bond acceptors (Lipinski definition) is 1. The molecule has 0 aromatic heterocycles. The van der Waals surface area contributed by atoms with E-state index in [-0.39, 0.29) is 6.42 Å². The first-order valence-electron chi connectivity index (χ1n) is 3.49. The zero-order chi connectivity index (χ0) is 9.99. The lowest BCUT2D eigenvalue weighted by Gasteiger charge is -2.27. The Bertz CT molecular complexity index is 170. The van der Waals surface area contributed by atoms with Crippen molar-refractivity contribution in [1.82, 2.24) is 0 Å². The molecule has 72 valence electrons. The standard InChI is InChI=1S/C8H13F3S/c1-6(12-4)5-7(2,3)8(9,10)11/h1,5H2,2-4H3. The van der Waals surface area contributed by atoms with Crippen LogP contribution in [0, 0.1) is 5.41 Å². The minimum atomic E-state index is -4.15. The lowest BCUT2D eigenvalue weighted by atomic mass is 9.89. The largest absolute Gasteiger partial charge is 0.394 e. The van der Waals surface area contributed by atoms with Gasteiger partial charge in [0.05, 0.1) is 5.41 Å². The van der Waals surface area contributed by atoms with Gasteiger partial charge in [0.2, 0.25) is 0 Å². The lowest BCUT2D eigenvalue weighted by Crippen LogP contribution is -2.32. The summed E-state index contributed by atoms with van der Waals surface area (Å²) in [5, 5.41) is 0. The molecule has 0 N–H and O–H groups in total. The summed E-state index contributed by atoms with van der Waals surface area (Å²) in [6.07, 6.45) is -2.43. The van der Waals surface area contributed by atoms with Crippen molar-refractivity contribution >= 4 is 11.8 Å². The molecule has 4 heteroatoms. The molecule has 0 bridgehead atoms. The van der Waals surface area contributed by atoms with Gasteiger partial charge >= 0.3 is 6.18 Å². The van der Waals surface area contributed by atoms with E-state index in [1.807, 2.05) is 0 Å². The molecule has 0 aliphatic rings. The SMILES string of the molecule is C=C(CC(C)(C)C(F)(F)F)SC. The third kappa shape index (κ3) is 3.09. The van der Waals surface area contributed by atoms with E-state index in [1.54, 1.807) is 6.26 Å². The maximum absolute atomic E-state index is 12.3. The molecule has 0 amide bonds. The molecule has 0 spiro atoms. The summed E-state index contributed by atoms with van der Waals surface area (Å²) in [6.45, 7) is 5.91. The van der Waals surface area contributed by atoms with Crippen LogP contribution in [0.5, 0.6) is 0 Å². The summed E-state index contributed by atoms with van der Waals surface area (Å²) in [6, 6.07) is 0. The van der Waals surface area contributed by atoms with E-state index in [0.717, 1.165) is 0 Å². The van der Waals surface area contributed by atoms with Gasteiger partial charge in [-0.05, 0) is 17.6 Å². The molecular formula is C8H13F3S. The van der Waals surface area contributed by atoms with Gasteiger partial charge < -0.3 is 0 Å². The minimum absolute atomic E-state index is 0.0162. The van der Waals surface area contributed by atoms with E-state index in [2.05, 4.69) is 6.58 Å². The first-order valence-corrected chi connectivity index (χ1v) is 4.71. The van der Waals surface area contributed by atoms with Gasteiger partial charge in [0, 0.05) is 0 Å². The smallest absolute Gasteiger partial charge is 0.171 e. The van der Waals surface area contributed by atoms with Gasteiger partial charge in [-0.3, -0.25) is 0 Å². The maximum atomic E-state index is 12.3. The number of hydrogen-bond donors (Lipinski definition) is 0. The Kier molecular flexibility index (Phi) is 3.69. The molecule has 0 aliphatic carbocycles. The fourth-order valence-electron chi connectivity index (χ4n) is 0.665. The lowest BCUT2D eigenvalue weighted by molar-refractivity contribution is -0.210. The van der Waals surface area contributed by atoms with E-state index in [0.29, 0.717) is 4.91 Å². The van der Waals surface area contributed by atoms with Crippen LogP contribution in [-0.2, 0) is 0 Å². The van der Waals surface area contributed by atoms with Crippen molar-refractivity contribution in [2.24, 2.45) is 5.41 Å². The van der Waals surface area contributed by atoms with Crippen molar-refractivity contribution in [3.8, 4) is 0 Å². The topological polar surface area (TPSA) is 0 Å². The van der Waals surface area contributed by atoms with Gasteiger partial charge in [-0.2, -0.15) is 13.2 Å². The average Bonchev–Trinajstić information content (AvgIpc) is 1.84. The molecule has 0 saturated heterocycles. The van der Waals surface area contributed by atoms with Crippen LogP contribution in [0.15, 0.2) is 11.5 Å². The van der Waals surface area contributed by atoms with Crippen molar-refractivity contribution < 1.29 is 13.2 Å². The molecule has 0 saturated carbocycles. The molecule has 0 rings (SSSR count). The van der Waals surface area contributed by atoms with Crippen LogP contribution in [-0.4, -0.2) is 12.4 Å². The average molecular weight is 198 g/mol. The second-order valence-electron chi connectivity index (χ2n) is 3.30. The number of rotatable bonds is 3. The summed E-state index contributed by atoms with van der Waals surface area (Å²) in [5.41, 5.74) is -1.66. The minimum Gasteiger partial charge on any atom is -0.171 e.